The van der Waals surface area contributed by atoms with Crippen molar-refractivity contribution in [2.45, 2.75) is 25.5 Å². The average Bonchev–Trinajstić information content (AvgIpc) is 3.24. The summed E-state index contributed by atoms with van der Waals surface area (Å²) in [5.41, 5.74) is 2.29. The van der Waals surface area contributed by atoms with Crippen LogP contribution in [0.3, 0.4) is 0 Å². The number of fused-ring (bicyclic) bond motifs is 1. The number of nitrogens with zero attached hydrogens (tertiary/aromatic N) is 4. The highest BCUT2D eigenvalue weighted by Gasteiger charge is 2.22. The van der Waals surface area contributed by atoms with Crippen molar-refractivity contribution in [3.8, 4) is 11.4 Å². The summed E-state index contributed by atoms with van der Waals surface area (Å²) in [6, 6.07) is 5.36. The van der Waals surface area contributed by atoms with E-state index >= 15 is 0 Å². The number of anilines is 1. The van der Waals surface area contributed by atoms with Gasteiger partial charge in [-0.1, -0.05) is 0 Å². The molecule has 1 unspecified atom stereocenters. The summed E-state index contributed by atoms with van der Waals surface area (Å²) >= 11 is 0. The fourth-order valence-corrected chi connectivity index (χ4v) is 3.98. The summed E-state index contributed by atoms with van der Waals surface area (Å²) < 4.78 is 13.2. The van der Waals surface area contributed by atoms with Crippen LogP contribution < -0.4 is 10.3 Å². The van der Waals surface area contributed by atoms with E-state index in [0.717, 1.165) is 61.7 Å². The summed E-state index contributed by atoms with van der Waals surface area (Å²) in [4.78, 5) is 23.0. The molecule has 1 atom stereocenters. The van der Waals surface area contributed by atoms with Crippen LogP contribution in [0.1, 0.15) is 25.5 Å². The van der Waals surface area contributed by atoms with Gasteiger partial charge < -0.3 is 19.4 Å². The van der Waals surface area contributed by atoms with Gasteiger partial charge >= 0.3 is 0 Å². The van der Waals surface area contributed by atoms with E-state index in [-0.39, 0.29) is 11.7 Å². The SMILES string of the molecule is O=c1cc(N2CCOCC2)[nH]c2c(-c3ccnn3C3CCCCO3)nccc12. The van der Waals surface area contributed by atoms with Crippen LogP contribution in [-0.4, -0.2) is 52.7 Å². The van der Waals surface area contributed by atoms with Crippen LogP contribution in [0.2, 0.25) is 0 Å². The Morgan fingerprint density at radius 2 is 2.00 bits per heavy atom. The van der Waals surface area contributed by atoms with Crippen LogP contribution in [0, 0.1) is 0 Å². The van der Waals surface area contributed by atoms with Crippen molar-refractivity contribution < 1.29 is 9.47 Å². The number of aromatic nitrogens is 4. The Labute approximate surface area is 162 Å². The molecule has 0 spiro atoms. The number of hydrogen-bond acceptors (Lipinski definition) is 6. The van der Waals surface area contributed by atoms with Gasteiger partial charge in [-0.15, -0.1) is 0 Å². The minimum absolute atomic E-state index is 0.0149. The van der Waals surface area contributed by atoms with Gasteiger partial charge in [0.2, 0.25) is 0 Å². The number of rotatable bonds is 3. The fraction of sp³-hybridized carbons (Fsp3) is 0.450. The minimum Gasteiger partial charge on any atom is -0.378 e. The zero-order valence-corrected chi connectivity index (χ0v) is 15.6. The highest BCUT2D eigenvalue weighted by Crippen LogP contribution is 2.30. The lowest BCUT2D eigenvalue weighted by molar-refractivity contribution is -0.0383. The maximum absolute atomic E-state index is 12.8. The molecule has 28 heavy (non-hydrogen) atoms. The van der Waals surface area contributed by atoms with E-state index in [9.17, 15) is 4.79 Å². The third-order valence-electron chi connectivity index (χ3n) is 5.43. The predicted molar refractivity (Wildman–Crippen MR) is 105 cm³/mol. The molecule has 0 aliphatic carbocycles. The topological polar surface area (TPSA) is 85.3 Å². The number of pyridine rings is 2. The van der Waals surface area contributed by atoms with Crippen molar-refractivity contribution in [1.82, 2.24) is 19.7 Å². The van der Waals surface area contributed by atoms with Gasteiger partial charge in [-0.05, 0) is 31.4 Å². The normalized spacial score (nSPS) is 20.6. The number of hydrogen-bond donors (Lipinski definition) is 1. The number of H-pyrrole nitrogens is 1. The molecule has 3 aromatic heterocycles. The van der Waals surface area contributed by atoms with Gasteiger partial charge in [0.25, 0.3) is 0 Å². The summed E-state index contributed by atoms with van der Waals surface area (Å²) in [7, 11) is 0. The van der Waals surface area contributed by atoms with Crippen molar-refractivity contribution in [1.29, 1.82) is 0 Å². The molecular weight excluding hydrogens is 358 g/mol. The Hall–Kier alpha value is -2.71. The highest BCUT2D eigenvalue weighted by atomic mass is 16.5. The lowest BCUT2D eigenvalue weighted by Crippen LogP contribution is -2.37. The standard InChI is InChI=1S/C20H23N5O3/c26-16-13-17(24-8-11-27-12-9-24)23-19-14(16)4-6-21-20(19)15-5-7-22-25(15)18-3-1-2-10-28-18/h4-7,13,18H,1-3,8-12H2,(H,23,26). The first kappa shape index (κ1) is 17.4. The molecule has 2 aliphatic rings. The molecule has 146 valence electrons. The summed E-state index contributed by atoms with van der Waals surface area (Å²) in [5.74, 6) is 0.801. The van der Waals surface area contributed by atoms with Crippen molar-refractivity contribution >= 4 is 16.7 Å². The van der Waals surface area contributed by atoms with Gasteiger partial charge in [0.1, 0.15) is 11.5 Å². The molecule has 1 N–H and O–H groups in total. The Morgan fingerprint density at radius 1 is 1.11 bits per heavy atom. The second kappa shape index (κ2) is 7.37. The second-order valence-corrected chi connectivity index (χ2v) is 7.18. The molecule has 0 radical (unpaired) electrons. The van der Waals surface area contributed by atoms with Crippen LogP contribution in [0.5, 0.6) is 0 Å². The Balaban J connectivity index is 1.63. The van der Waals surface area contributed by atoms with Crippen LogP contribution >= 0.6 is 0 Å². The molecule has 0 saturated carbocycles. The molecule has 8 heteroatoms. The predicted octanol–water partition coefficient (Wildman–Crippen LogP) is 2.32. The van der Waals surface area contributed by atoms with Crippen molar-refractivity contribution in [2.75, 3.05) is 37.8 Å². The molecule has 3 aromatic rings. The van der Waals surface area contributed by atoms with E-state index in [1.807, 2.05) is 10.7 Å². The van der Waals surface area contributed by atoms with E-state index in [2.05, 4.69) is 20.0 Å². The van der Waals surface area contributed by atoms with Gasteiger partial charge in [-0.3, -0.25) is 9.78 Å². The first-order valence-electron chi connectivity index (χ1n) is 9.81. The number of nitrogens with one attached hydrogen (secondary N) is 1. The maximum atomic E-state index is 12.8. The molecule has 5 rings (SSSR count). The first-order chi connectivity index (χ1) is 13.8. The zero-order valence-electron chi connectivity index (χ0n) is 15.6. The van der Waals surface area contributed by atoms with Crippen LogP contribution in [0.15, 0.2) is 35.4 Å². The van der Waals surface area contributed by atoms with E-state index in [1.54, 1.807) is 24.5 Å². The Bertz CT molecular complexity index is 1030. The molecular formula is C20H23N5O3. The highest BCUT2D eigenvalue weighted by molar-refractivity contribution is 5.91. The van der Waals surface area contributed by atoms with Crippen molar-refractivity contribution in [3.63, 3.8) is 0 Å². The van der Waals surface area contributed by atoms with E-state index in [1.165, 1.54) is 0 Å². The van der Waals surface area contributed by atoms with Gasteiger partial charge in [0, 0.05) is 43.5 Å². The smallest absolute Gasteiger partial charge is 0.191 e. The van der Waals surface area contributed by atoms with E-state index < -0.39 is 0 Å². The van der Waals surface area contributed by atoms with Gasteiger partial charge in [0.05, 0.1) is 24.4 Å². The molecule has 5 heterocycles. The number of aromatic amines is 1. The average molecular weight is 381 g/mol. The fourth-order valence-electron chi connectivity index (χ4n) is 3.98. The van der Waals surface area contributed by atoms with Gasteiger partial charge in [-0.2, -0.15) is 5.10 Å². The van der Waals surface area contributed by atoms with Crippen LogP contribution in [0.25, 0.3) is 22.3 Å². The van der Waals surface area contributed by atoms with Crippen LogP contribution in [-0.2, 0) is 9.47 Å². The maximum Gasteiger partial charge on any atom is 0.191 e. The molecule has 2 aliphatic heterocycles. The summed E-state index contributed by atoms with van der Waals surface area (Å²) in [5, 5.41) is 5.11. The summed E-state index contributed by atoms with van der Waals surface area (Å²) in [6.07, 6.45) is 6.47. The van der Waals surface area contributed by atoms with Crippen molar-refractivity contribution in [2.24, 2.45) is 0 Å². The van der Waals surface area contributed by atoms with E-state index in [4.69, 9.17) is 9.47 Å². The Morgan fingerprint density at radius 3 is 2.82 bits per heavy atom. The van der Waals surface area contributed by atoms with Crippen molar-refractivity contribution in [3.05, 3.63) is 40.8 Å². The molecule has 0 amide bonds. The summed E-state index contributed by atoms with van der Waals surface area (Å²) in [6.45, 7) is 3.57. The number of ether oxygens (including phenoxy) is 2. The molecule has 0 bridgehead atoms. The number of morpholine rings is 1. The van der Waals surface area contributed by atoms with Crippen LogP contribution in [0.4, 0.5) is 5.82 Å². The first-order valence-corrected chi connectivity index (χ1v) is 9.81. The zero-order chi connectivity index (χ0) is 18.9. The lowest BCUT2D eigenvalue weighted by atomic mass is 10.1. The lowest BCUT2D eigenvalue weighted by Gasteiger charge is -2.28. The third kappa shape index (κ3) is 3.08. The van der Waals surface area contributed by atoms with Gasteiger partial charge in [-0.25, -0.2) is 4.68 Å². The minimum atomic E-state index is -0.0926. The molecule has 2 saturated heterocycles. The molecule has 0 aromatic carbocycles. The quantitative estimate of drug-likeness (QED) is 0.749. The molecule has 8 nitrogen and oxygen atoms in total. The third-order valence-corrected chi connectivity index (χ3v) is 5.43. The second-order valence-electron chi connectivity index (χ2n) is 7.18. The molecule has 2 fully saturated rings. The van der Waals surface area contributed by atoms with Gasteiger partial charge in [0.15, 0.2) is 11.7 Å². The largest absolute Gasteiger partial charge is 0.378 e. The monoisotopic (exact) mass is 381 g/mol. The Kier molecular flexibility index (Phi) is 4.58. The van der Waals surface area contributed by atoms with E-state index in [0.29, 0.717) is 18.6 Å².